The van der Waals surface area contributed by atoms with Crippen LogP contribution >= 0.6 is 0 Å². The third-order valence-electron chi connectivity index (χ3n) is 3.65. The normalized spacial score (nSPS) is 14.2. The molecule has 5 nitrogen and oxygen atoms in total. The van der Waals surface area contributed by atoms with Crippen LogP contribution in [-0.4, -0.2) is 16.2 Å². The van der Waals surface area contributed by atoms with Gasteiger partial charge in [-0.25, -0.2) is 13.8 Å². The molecule has 0 aliphatic heterocycles. The van der Waals surface area contributed by atoms with E-state index in [1.165, 1.54) is 21.3 Å². The molecule has 1 aliphatic rings. The second-order valence-electron chi connectivity index (χ2n) is 5.29. The van der Waals surface area contributed by atoms with Gasteiger partial charge in [-0.1, -0.05) is 6.07 Å². The Morgan fingerprint density at radius 1 is 1.24 bits per heavy atom. The molecule has 1 heterocycles. The van der Waals surface area contributed by atoms with Crippen LogP contribution in [0.3, 0.4) is 0 Å². The molecular weight excluding hydrogens is 273 g/mol. The van der Waals surface area contributed by atoms with Gasteiger partial charge in [0.2, 0.25) is 0 Å². The number of hydrogen-bond donors (Lipinski definition) is 1. The van der Waals surface area contributed by atoms with E-state index in [9.17, 15) is 14.0 Å². The van der Waals surface area contributed by atoms with Crippen LogP contribution in [0.5, 0.6) is 0 Å². The van der Waals surface area contributed by atoms with E-state index < -0.39 is 11.5 Å². The molecule has 0 bridgehead atoms. The van der Waals surface area contributed by atoms with Crippen molar-refractivity contribution >= 4 is 5.82 Å². The summed E-state index contributed by atoms with van der Waals surface area (Å²) in [4.78, 5) is 24.6. The maximum Gasteiger partial charge on any atom is 0.337 e. The molecule has 0 saturated heterocycles. The summed E-state index contributed by atoms with van der Waals surface area (Å²) in [5.41, 5.74) is 0.0582. The molecule has 1 aromatic heterocycles. The Morgan fingerprint density at radius 2 is 1.95 bits per heavy atom. The molecule has 0 amide bonds. The van der Waals surface area contributed by atoms with E-state index in [0.29, 0.717) is 0 Å². The number of aromatic nitrogens is 2. The Bertz CT molecular complexity index is 819. The molecule has 1 aliphatic carbocycles. The molecule has 1 fully saturated rings. The number of anilines is 1. The van der Waals surface area contributed by atoms with Crippen LogP contribution in [0.25, 0.3) is 5.69 Å². The standard InChI is InChI=1S/C15H16FN3O2/c1-9-3-6-12(11(16)7-9)19-13(17-2)8-14(20)18(15(19)21)10-4-5-10/h3,6-8,10,17H,4-5H2,1-2H3. The van der Waals surface area contributed by atoms with Crippen LogP contribution in [-0.2, 0) is 0 Å². The van der Waals surface area contributed by atoms with Crippen LogP contribution < -0.4 is 16.6 Å². The lowest BCUT2D eigenvalue weighted by molar-refractivity contribution is 0.594. The molecule has 2 aromatic rings. The van der Waals surface area contributed by atoms with E-state index in [0.717, 1.165) is 18.4 Å². The van der Waals surface area contributed by atoms with Crippen molar-refractivity contribution in [2.75, 3.05) is 12.4 Å². The molecule has 21 heavy (non-hydrogen) atoms. The molecule has 1 N–H and O–H groups in total. The fraction of sp³-hybridized carbons (Fsp3) is 0.333. The number of halogens is 1. The Hall–Kier alpha value is -2.37. The number of nitrogens with zero attached hydrogens (tertiary/aromatic N) is 2. The van der Waals surface area contributed by atoms with Gasteiger partial charge in [-0.3, -0.25) is 9.36 Å². The number of nitrogens with one attached hydrogen (secondary N) is 1. The van der Waals surface area contributed by atoms with Gasteiger partial charge in [0.25, 0.3) is 5.56 Å². The minimum atomic E-state index is -0.503. The lowest BCUT2D eigenvalue weighted by Gasteiger charge is -2.15. The van der Waals surface area contributed by atoms with Gasteiger partial charge in [0.1, 0.15) is 11.6 Å². The molecule has 0 radical (unpaired) electrons. The fourth-order valence-corrected chi connectivity index (χ4v) is 2.44. The quantitative estimate of drug-likeness (QED) is 0.937. The van der Waals surface area contributed by atoms with Crippen molar-refractivity contribution in [1.29, 1.82) is 0 Å². The predicted molar refractivity (Wildman–Crippen MR) is 78.8 cm³/mol. The van der Waals surface area contributed by atoms with Gasteiger partial charge in [-0.15, -0.1) is 0 Å². The largest absolute Gasteiger partial charge is 0.374 e. The molecule has 1 aromatic carbocycles. The van der Waals surface area contributed by atoms with Crippen molar-refractivity contribution in [2.45, 2.75) is 25.8 Å². The smallest absolute Gasteiger partial charge is 0.337 e. The van der Waals surface area contributed by atoms with Crippen LogP contribution in [0, 0.1) is 12.7 Å². The van der Waals surface area contributed by atoms with Crippen LogP contribution in [0.15, 0.2) is 33.9 Å². The highest BCUT2D eigenvalue weighted by atomic mass is 19.1. The first-order chi connectivity index (χ1) is 10.0. The Balaban J connectivity index is 2.32. The van der Waals surface area contributed by atoms with Crippen molar-refractivity contribution in [1.82, 2.24) is 9.13 Å². The zero-order chi connectivity index (χ0) is 15.1. The van der Waals surface area contributed by atoms with E-state index in [1.54, 1.807) is 26.1 Å². The molecule has 1 saturated carbocycles. The Labute approximate surface area is 120 Å². The maximum absolute atomic E-state index is 14.2. The highest BCUT2D eigenvalue weighted by Crippen LogP contribution is 2.32. The van der Waals surface area contributed by atoms with E-state index in [2.05, 4.69) is 5.32 Å². The van der Waals surface area contributed by atoms with Gasteiger partial charge >= 0.3 is 5.69 Å². The summed E-state index contributed by atoms with van der Waals surface area (Å²) >= 11 is 0. The first-order valence-corrected chi connectivity index (χ1v) is 6.86. The lowest BCUT2D eigenvalue weighted by Crippen LogP contribution is -2.39. The van der Waals surface area contributed by atoms with E-state index >= 15 is 0 Å². The molecule has 3 rings (SSSR count). The molecule has 6 heteroatoms. The van der Waals surface area contributed by atoms with E-state index in [-0.39, 0.29) is 23.1 Å². The molecule has 0 spiro atoms. The van der Waals surface area contributed by atoms with Crippen LogP contribution in [0.4, 0.5) is 10.2 Å². The van der Waals surface area contributed by atoms with Gasteiger partial charge in [-0.05, 0) is 37.5 Å². The Morgan fingerprint density at radius 3 is 2.52 bits per heavy atom. The van der Waals surface area contributed by atoms with Crippen molar-refractivity contribution in [2.24, 2.45) is 0 Å². The van der Waals surface area contributed by atoms with E-state index in [4.69, 9.17) is 0 Å². The number of rotatable bonds is 3. The molecular formula is C15H16FN3O2. The summed E-state index contributed by atoms with van der Waals surface area (Å²) in [6, 6.07) is 5.92. The minimum Gasteiger partial charge on any atom is -0.374 e. The monoisotopic (exact) mass is 289 g/mol. The van der Waals surface area contributed by atoms with Gasteiger partial charge < -0.3 is 5.32 Å². The third kappa shape index (κ3) is 2.26. The SMILES string of the molecule is CNc1cc(=O)n(C2CC2)c(=O)n1-c1ccc(C)cc1F. The highest BCUT2D eigenvalue weighted by molar-refractivity contribution is 5.46. The second-order valence-corrected chi connectivity index (χ2v) is 5.29. The number of hydrogen-bond acceptors (Lipinski definition) is 3. The summed E-state index contributed by atoms with van der Waals surface area (Å²) in [5, 5.41) is 2.79. The minimum absolute atomic E-state index is 0.0596. The number of benzene rings is 1. The van der Waals surface area contributed by atoms with Crippen molar-refractivity contribution in [3.63, 3.8) is 0 Å². The average Bonchev–Trinajstić information content (AvgIpc) is 3.24. The summed E-state index contributed by atoms with van der Waals surface area (Å²) < 4.78 is 16.6. The summed E-state index contributed by atoms with van der Waals surface area (Å²) in [7, 11) is 1.60. The number of aryl methyl sites for hydroxylation is 1. The summed E-state index contributed by atoms with van der Waals surface area (Å²) in [6.45, 7) is 1.78. The Kier molecular flexibility index (Phi) is 3.16. The molecule has 110 valence electrons. The van der Waals surface area contributed by atoms with Gasteiger partial charge in [-0.2, -0.15) is 0 Å². The summed E-state index contributed by atoms with van der Waals surface area (Å²) in [6.07, 6.45) is 1.62. The maximum atomic E-state index is 14.2. The first kappa shape index (κ1) is 13.6. The molecule has 0 unspecified atom stereocenters. The van der Waals surface area contributed by atoms with Crippen molar-refractivity contribution in [3.8, 4) is 5.69 Å². The van der Waals surface area contributed by atoms with Gasteiger partial charge in [0.15, 0.2) is 0 Å². The van der Waals surface area contributed by atoms with Crippen molar-refractivity contribution < 1.29 is 4.39 Å². The summed E-state index contributed by atoms with van der Waals surface area (Å²) in [5.74, 6) is -0.209. The van der Waals surface area contributed by atoms with Gasteiger partial charge in [0.05, 0.1) is 5.69 Å². The third-order valence-corrected chi connectivity index (χ3v) is 3.65. The predicted octanol–water partition coefficient (Wildman–Crippen LogP) is 1.82. The van der Waals surface area contributed by atoms with Crippen LogP contribution in [0.2, 0.25) is 0 Å². The van der Waals surface area contributed by atoms with Crippen LogP contribution in [0.1, 0.15) is 24.4 Å². The van der Waals surface area contributed by atoms with Crippen molar-refractivity contribution in [3.05, 3.63) is 56.5 Å². The lowest BCUT2D eigenvalue weighted by atomic mass is 10.2. The zero-order valence-electron chi connectivity index (χ0n) is 11.9. The average molecular weight is 289 g/mol. The molecule has 0 atom stereocenters. The van der Waals surface area contributed by atoms with Gasteiger partial charge in [0, 0.05) is 19.2 Å². The topological polar surface area (TPSA) is 56.0 Å². The van der Waals surface area contributed by atoms with E-state index in [1.807, 2.05) is 0 Å². The first-order valence-electron chi connectivity index (χ1n) is 6.86. The highest BCUT2D eigenvalue weighted by Gasteiger charge is 2.28. The second kappa shape index (κ2) is 4.87. The zero-order valence-corrected chi connectivity index (χ0v) is 11.9. The fourth-order valence-electron chi connectivity index (χ4n) is 2.44.